The summed E-state index contributed by atoms with van der Waals surface area (Å²) in [4.78, 5) is 14.2. The maximum absolute atomic E-state index is 12.4. The Labute approximate surface area is 134 Å². The summed E-state index contributed by atoms with van der Waals surface area (Å²) in [5.41, 5.74) is 1.03. The number of carbonyl (C=O) groups excluding carboxylic acids is 1. The number of ether oxygens (including phenoxy) is 1. The van der Waals surface area contributed by atoms with Crippen LogP contribution in [0.25, 0.3) is 0 Å². The first-order chi connectivity index (χ1) is 11.1. The SMILES string of the molecule is CC(C)c1nnc([C@@H]2CN(C(=O)CCc3ccoc3)CCO2)o1. The maximum Gasteiger partial charge on any atom is 0.247 e. The van der Waals surface area contributed by atoms with Crippen LogP contribution in [0.3, 0.4) is 0 Å². The van der Waals surface area contributed by atoms with Gasteiger partial charge in [0.1, 0.15) is 0 Å². The number of nitrogens with zero attached hydrogens (tertiary/aromatic N) is 3. The van der Waals surface area contributed by atoms with Gasteiger partial charge in [0.25, 0.3) is 0 Å². The Morgan fingerprint density at radius 2 is 2.30 bits per heavy atom. The fourth-order valence-corrected chi connectivity index (χ4v) is 2.48. The van der Waals surface area contributed by atoms with Crippen molar-refractivity contribution in [1.29, 1.82) is 0 Å². The Morgan fingerprint density at radius 1 is 1.43 bits per heavy atom. The molecule has 0 unspecified atom stereocenters. The lowest BCUT2D eigenvalue weighted by molar-refractivity contribution is -0.139. The molecule has 124 valence electrons. The first-order valence-electron chi connectivity index (χ1n) is 7.87. The van der Waals surface area contributed by atoms with Gasteiger partial charge < -0.3 is 18.5 Å². The molecule has 0 aliphatic carbocycles. The van der Waals surface area contributed by atoms with Crippen LogP contribution < -0.4 is 0 Å². The zero-order chi connectivity index (χ0) is 16.2. The minimum atomic E-state index is -0.346. The average molecular weight is 319 g/mol. The zero-order valence-electron chi connectivity index (χ0n) is 13.4. The van der Waals surface area contributed by atoms with Crippen molar-refractivity contribution in [3.63, 3.8) is 0 Å². The van der Waals surface area contributed by atoms with Gasteiger partial charge in [0, 0.05) is 18.9 Å². The topological polar surface area (TPSA) is 81.6 Å². The molecule has 0 bridgehead atoms. The molecule has 1 aliphatic heterocycles. The Balaban J connectivity index is 1.57. The van der Waals surface area contributed by atoms with Gasteiger partial charge in [-0.3, -0.25) is 4.79 Å². The van der Waals surface area contributed by atoms with Gasteiger partial charge in [0.15, 0.2) is 6.10 Å². The molecule has 1 saturated heterocycles. The lowest BCUT2D eigenvalue weighted by Gasteiger charge is -2.31. The van der Waals surface area contributed by atoms with E-state index in [9.17, 15) is 4.79 Å². The highest BCUT2D eigenvalue weighted by atomic mass is 16.5. The molecule has 7 nitrogen and oxygen atoms in total. The Kier molecular flexibility index (Phi) is 4.76. The highest BCUT2D eigenvalue weighted by molar-refractivity contribution is 5.76. The molecule has 23 heavy (non-hydrogen) atoms. The molecule has 2 aromatic rings. The van der Waals surface area contributed by atoms with E-state index in [2.05, 4.69) is 10.2 Å². The molecule has 1 aliphatic rings. The van der Waals surface area contributed by atoms with Crippen LogP contribution in [0.15, 0.2) is 27.4 Å². The number of rotatable bonds is 5. The molecule has 2 aromatic heterocycles. The summed E-state index contributed by atoms with van der Waals surface area (Å²) in [6, 6.07) is 1.88. The summed E-state index contributed by atoms with van der Waals surface area (Å²) < 4.78 is 16.3. The average Bonchev–Trinajstić information content (AvgIpc) is 3.24. The summed E-state index contributed by atoms with van der Waals surface area (Å²) in [6.07, 6.45) is 4.07. The normalized spacial score (nSPS) is 18.6. The van der Waals surface area contributed by atoms with Gasteiger partial charge in [-0.2, -0.15) is 0 Å². The van der Waals surface area contributed by atoms with Crippen LogP contribution in [0, 0.1) is 0 Å². The van der Waals surface area contributed by atoms with Crippen LogP contribution in [-0.4, -0.2) is 40.7 Å². The quantitative estimate of drug-likeness (QED) is 0.841. The summed E-state index contributed by atoms with van der Waals surface area (Å²) in [5, 5.41) is 8.07. The number of carbonyl (C=O) groups is 1. The van der Waals surface area contributed by atoms with Gasteiger partial charge >= 0.3 is 0 Å². The smallest absolute Gasteiger partial charge is 0.247 e. The predicted molar refractivity (Wildman–Crippen MR) is 80.7 cm³/mol. The molecular formula is C16H21N3O4. The number of amides is 1. The van der Waals surface area contributed by atoms with E-state index in [0.717, 1.165) is 5.56 Å². The van der Waals surface area contributed by atoms with E-state index in [1.807, 2.05) is 19.9 Å². The second kappa shape index (κ2) is 6.95. The first-order valence-corrected chi connectivity index (χ1v) is 7.87. The second-order valence-electron chi connectivity index (χ2n) is 5.96. The number of hydrogen-bond donors (Lipinski definition) is 0. The summed E-state index contributed by atoms with van der Waals surface area (Å²) in [5.74, 6) is 1.31. The van der Waals surface area contributed by atoms with E-state index < -0.39 is 0 Å². The van der Waals surface area contributed by atoms with Crippen molar-refractivity contribution in [3.8, 4) is 0 Å². The van der Waals surface area contributed by atoms with Crippen molar-refractivity contribution in [3.05, 3.63) is 35.9 Å². The molecule has 0 spiro atoms. The summed E-state index contributed by atoms with van der Waals surface area (Å²) in [6.45, 7) is 5.49. The van der Waals surface area contributed by atoms with Gasteiger partial charge in [-0.1, -0.05) is 13.8 Å². The van der Waals surface area contributed by atoms with E-state index in [0.29, 0.717) is 44.3 Å². The third-order valence-electron chi connectivity index (χ3n) is 3.85. The highest BCUT2D eigenvalue weighted by Crippen LogP contribution is 2.23. The van der Waals surface area contributed by atoms with Crippen molar-refractivity contribution in [2.45, 2.75) is 38.7 Å². The molecule has 0 aromatic carbocycles. The van der Waals surface area contributed by atoms with E-state index in [4.69, 9.17) is 13.6 Å². The summed E-state index contributed by atoms with van der Waals surface area (Å²) in [7, 11) is 0. The monoisotopic (exact) mass is 319 g/mol. The van der Waals surface area contributed by atoms with Crippen molar-refractivity contribution in [2.75, 3.05) is 19.7 Å². The fourth-order valence-electron chi connectivity index (χ4n) is 2.48. The van der Waals surface area contributed by atoms with Gasteiger partial charge in [0.2, 0.25) is 17.7 Å². The molecule has 3 rings (SSSR count). The molecule has 7 heteroatoms. The molecule has 1 amide bonds. The van der Waals surface area contributed by atoms with Gasteiger partial charge in [-0.25, -0.2) is 0 Å². The highest BCUT2D eigenvalue weighted by Gasteiger charge is 2.29. The zero-order valence-corrected chi connectivity index (χ0v) is 13.4. The summed E-state index contributed by atoms with van der Waals surface area (Å²) >= 11 is 0. The molecule has 0 saturated carbocycles. The van der Waals surface area contributed by atoms with Crippen LogP contribution >= 0.6 is 0 Å². The Morgan fingerprint density at radius 3 is 3.00 bits per heavy atom. The van der Waals surface area contributed by atoms with Crippen LogP contribution in [0.2, 0.25) is 0 Å². The van der Waals surface area contributed by atoms with Crippen LogP contribution in [0.5, 0.6) is 0 Å². The van der Waals surface area contributed by atoms with Crippen molar-refractivity contribution in [2.24, 2.45) is 0 Å². The number of hydrogen-bond acceptors (Lipinski definition) is 6. The lowest BCUT2D eigenvalue weighted by atomic mass is 10.1. The molecule has 3 heterocycles. The standard InChI is InChI=1S/C16H21N3O4/c1-11(2)15-17-18-16(23-15)13-9-19(6-8-22-13)14(20)4-3-12-5-7-21-10-12/h5,7,10-11,13H,3-4,6,8-9H2,1-2H3/t13-/m0/s1. The van der Waals surface area contributed by atoms with E-state index in [-0.39, 0.29) is 17.9 Å². The minimum Gasteiger partial charge on any atom is -0.472 e. The van der Waals surface area contributed by atoms with Gasteiger partial charge in [-0.15, -0.1) is 10.2 Å². The van der Waals surface area contributed by atoms with Crippen molar-refractivity contribution < 1.29 is 18.4 Å². The number of morpholine rings is 1. The largest absolute Gasteiger partial charge is 0.472 e. The lowest BCUT2D eigenvalue weighted by Crippen LogP contribution is -2.42. The van der Waals surface area contributed by atoms with E-state index in [1.54, 1.807) is 17.4 Å². The predicted octanol–water partition coefficient (Wildman–Crippen LogP) is 2.32. The van der Waals surface area contributed by atoms with Crippen LogP contribution in [0.1, 0.15) is 49.6 Å². The first kappa shape index (κ1) is 15.7. The van der Waals surface area contributed by atoms with Crippen LogP contribution in [0.4, 0.5) is 0 Å². The third-order valence-corrected chi connectivity index (χ3v) is 3.85. The second-order valence-corrected chi connectivity index (χ2v) is 5.96. The Bertz CT molecular complexity index is 636. The fraction of sp³-hybridized carbons (Fsp3) is 0.562. The van der Waals surface area contributed by atoms with E-state index >= 15 is 0 Å². The van der Waals surface area contributed by atoms with Crippen molar-refractivity contribution in [1.82, 2.24) is 15.1 Å². The molecular weight excluding hydrogens is 298 g/mol. The van der Waals surface area contributed by atoms with Crippen LogP contribution in [-0.2, 0) is 16.0 Å². The molecule has 1 atom stereocenters. The number of aryl methyl sites for hydroxylation is 1. The number of aromatic nitrogens is 2. The van der Waals surface area contributed by atoms with E-state index in [1.165, 1.54) is 0 Å². The molecule has 1 fully saturated rings. The Hall–Kier alpha value is -2.15. The van der Waals surface area contributed by atoms with Crippen molar-refractivity contribution >= 4 is 5.91 Å². The van der Waals surface area contributed by atoms with Gasteiger partial charge in [0.05, 0.1) is 25.7 Å². The minimum absolute atomic E-state index is 0.100. The third kappa shape index (κ3) is 3.79. The number of furan rings is 1. The maximum atomic E-state index is 12.4. The molecule has 0 radical (unpaired) electrons. The molecule has 0 N–H and O–H groups in total. The van der Waals surface area contributed by atoms with Gasteiger partial charge in [-0.05, 0) is 18.1 Å².